The van der Waals surface area contributed by atoms with Gasteiger partial charge in [-0.3, -0.25) is 9.69 Å². The van der Waals surface area contributed by atoms with Gasteiger partial charge < -0.3 is 19.9 Å². The van der Waals surface area contributed by atoms with Gasteiger partial charge in [0, 0.05) is 59.0 Å². The highest BCUT2D eigenvalue weighted by molar-refractivity contribution is 5.81. The summed E-state index contributed by atoms with van der Waals surface area (Å²) in [5, 5.41) is 2.97. The predicted molar refractivity (Wildman–Crippen MR) is 92.9 cm³/mol. The van der Waals surface area contributed by atoms with Crippen LogP contribution < -0.4 is 5.32 Å². The molecule has 2 aliphatic heterocycles. The quantitative estimate of drug-likeness (QED) is 0.662. The van der Waals surface area contributed by atoms with E-state index < -0.39 is 0 Å². The van der Waals surface area contributed by atoms with Crippen LogP contribution in [0.4, 0.5) is 4.79 Å². The molecule has 2 heterocycles. The number of amides is 3. The SMILES string of the molecule is CCN1CCN(C2CCN([C@H](C)C(=O)NCCCOC)CC2)C1=O. The van der Waals surface area contributed by atoms with Crippen LogP contribution in [0.25, 0.3) is 0 Å². The second kappa shape index (κ2) is 9.22. The normalized spacial score (nSPS) is 21.4. The standard InChI is InChI=1S/C17H32N4O3/c1-4-19-11-12-21(17(19)23)15-6-9-20(10-7-15)14(2)16(22)18-8-5-13-24-3/h14-15H,4-13H2,1-3H3,(H,18,22)/t14-/m1/s1. The second-order valence-electron chi connectivity index (χ2n) is 6.64. The summed E-state index contributed by atoms with van der Waals surface area (Å²) in [7, 11) is 1.67. The van der Waals surface area contributed by atoms with E-state index in [0.29, 0.717) is 19.2 Å². The fraction of sp³-hybridized carbons (Fsp3) is 0.882. The van der Waals surface area contributed by atoms with Crippen molar-refractivity contribution in [1.82, 2.24) is 20.0 Å². The Bertz CT molecular complexity index is 424. The Morgan fingerprint density at radius 1 is 1.29 bits per heavy atom. The second-order valence-corrected chi connectivity index (χ2v) is 6.64. The van der Waals surface area contributed by atoms with Crippen LogP contribution in [0.1, 0.15) is 33.1 Å². The van der Waals surface area contributed by atoms with Crippen molar-refractivity contribution in [3.8, 4) is 0 Å². The number of likely N-dealkylation sites (tertiary alicyclic amines) is 1. The molecule has 2 aliphatic rings. The van der Waals surface area contributed by atoms with Gasteiger partial charge in [-0.05, 0) is 33.1 Å². The first kappa shape index (κ1) is 19.0. The third-order valence-electron chi connectivity index (χ3n) is 5.20. The molecule has 2 saturated heterocycles. The molecule has 24 heavy (non-hydrogen) atoms. The van der Waals surface area contributed by atoms with Gasteiger partial charge in [0.15, 0.2) is 0 Å². The predicted octanol–water partition coefficient (Wildman–Crippen LogP) is 0.750. The molecule has 0 unspecified atom stereocenters. The Balaban J connectivity index is 1.74. The van der Waals surface area contributed by atoms with Gasteiger partial charge >= 0.3 is 6.03 Å². The smallest absolute Gasteiger partial charge is 0.320 e. The topological polar surface area (TPSA) is 65.1 Å². The zero-order chi connectivity index (χ0) is 17.5. The zero-order valence-corrected chi connectivity index (χ0v) is 15.3. The molecule has 0 saturated carbocycles. The van der Waals surface area contributed by atoms with Gasteiger partial charge in [-0.2, -0.15) is 0 Å². The number of methoxy groups -OCH3 is 1. The third kappa shape index (κ3) is 4.60. The van der Waals surface area contributed by atoms with Crippen LogP contribution in [0.5, 0.6) is 0 Å². The number of hydrogen-bond donors (Lipinski definition) is 1. The van der Waals surface area contributed by atoms with E-state index in [4.69, 9.17) is 4.74 Å². The number of carbonyl (C=O) groups is 2. The average Bonchev–Trinajstić information content (AvgIpc) is 2.98. The molecule has 0 aromatic heterocycles. The molecule has 0 aromatic carbocycles. The van der Waals surface area contributed by atoms with Crippen LogP contribution in [0.15, 0.2) is 0 Å². The molecule has 1 atom stereocenters. The average molecular weight is 340 g/mol. The number of piperidine rings is 1. The molecule has 2 fully saturated rings. The minimum absolute atomic E-state index is 0.0824. The lowest BCUT2D eigenvalue weighted by molar-refractivity contribution is -0.126. The fourth-order valence-electron chi connectivity index (χ4n) is 3.56. The number of likely N-dealkylation sites (N-methyl/N-ethyl adjacent to an activating group) is 1. The van der Waals surface area contributed by atoms with E-state index in [1.807, 2.05) is 23.6 Å². The van der Waals surface area contributed by atoms with Crippen molar-refractivity contribution >= 4 is 11.9 Å². The maximum absolute atomic E-state index is 12.3. The van der Waals surface area contributed by atoms with Crippen LogP contribution in [0.3, 0.4) is 0 Å². The third-order valence-corrected chi connectivity index (χ3v) is 5.20. The van der Waals surface area contributed by atoms with E-state index in [1.165, 1.54) is 0 Å². The highest BCUT2D eigenvalue weighted by Gasteiger charge is 2.35. The number of nitrogens with zero attached hydrogens (tertiary/aromatic N) is 3. The summed E-state index contributed by atoms with van der Waals surface area (Å²) in [6, 6.07) is 0.386. The van der Waals surface area contributed by atoms with E-state index in [2.05, 4.69) is 10.2 Å². The van der Waals surface area contributed by atoms with Crippen LogP contribution in [0.2, 0.25) is 0 Å². The molecule has 0 aromatic rings. The Labute approximate surface area is 145 Å². The summed E-state index contributed by atoms with van der Waals surface area (Å²) < 4.78 is 4.99. The van der Waals surface area contributed by atoms with E-state index in [9.17, 15) is 9.59 Å². The molecule has 0 spiro atoms. The van der Waals surface area contributed by atoms with Crippen molar-refractivity contribution in [3.63, 3.8) is 0 Å². The highest BCUT2D eigenvalue weighted by Crippen LogP contribution is 2.22. The summed E-state index contributed by atoms with van der Waals surface area (Å²) in [4.78, 5) is 30.7. The van der Waals surface area contributed by atoms with Gasteiger partial charge in [0.2, 0.25) is 5.91 Å². The van der Waals surface area contributed by atoms with Gasteiger partial charge in [0.25, 0.3) is 0 Å². The summed E-state index contributed by atoms with van der Waals surface area (Å²) in [6.45, 7) is 9.52. The van der Waals surface area contributed by atoms with Gasteiger partial charge in [-0.1, -0.05) is 0 Å². The first-order chi connectivity index (χ1) is 11.6. The Hall–Kier alpha value is -1.34. The molecule has 138 valence electrons. The number of carbonyl (C=O) groups excluding carboxylic acids is 2. The zero-order valence-electron chi connectivity index (χ0n) is 15.3. The van der Waals surface area contributed by atoms with E-state index in [-0.39, 0.29) is 18.0 Å². The van der Waals surface area contributed by atoms with Crippen molar-refractivity contribution in [3.05, 3.63) is 0 Å². The number of hydrogen-bond acceptors (Lipinski definition) is 4. The van der Waals surface area contributed by atoms with Crippen LogP contribution in [-0.2, 0) is 9.53 Å². The van der Waals surface area contributed by atoms with E-state index in [1.54, 1.807) is 7.11 Å². The highest BCUT2D eigenvalue weighted by atomic mass is 16.5. The first-order valence-corrected chi connectivity index (χ1v) is 9.14. The molecule has 7 heteroatoms. The monoisotopic (exact) mass is 340 g/mol. The lowest BCUT2D eigenvalue weighted by Gasteiger charge is -2.38. The number of nitrogens with one attached hydrogen (secondary N) is 1. The van der Waals surface area contributed by atoms with E-state index >= 15 is 0 Å². The molecule has 0 bridgehead atoms. The van der Waals surface area contributed by atoms with Crippen molar-refractivity contribution in [2.24, 2.45) is 0 Å². The van der Waals surface area contributed by atoms with Crippen molar-refractivity contribution in [2.75, 3.05) is 53.0 Å². The fourth-order valence-corrected chi connectivity index (χ4v) is 3.56. The van der Waals surface area contributed by atoms with Gasteiger partial charge in [0.05, 0.1) is 6.04 Å². The number of ether oxygens (including phenoxy) is 1. The summed E-state index contributed by atoms with van der Waals surface area (Å²) in [5.74, 6) is 0.0824. The molecule has 0 aliphatic carbocycles. The van der Waals surface area contributed by atoms with Crippen LogP contribution in [0, 0.1) is 0 Å². The molecule has 7 nitrogen and oxygen atoms in total. The maximum Gasteiger partial charge on any atom is 0.320 e. The number of urea groups is 1. The lowest BCUT2D eigenvalue weighted by atomic mass is 10.0. The first-order valence-electron chi connectivity index (χ1n) is 9.14. The Morgan fingerprint density at radius 2 is 2.00 bits per heavy atom. The molecular weight excluding hydrogens is 308 g/mol. The van der Waals surface area contributed by atoms with Gasteiger partial charge in [-0.15, -0.1) is 0 Å². The lowest BCUT2D eigenvalue weighted by Crippen LogP contribution is -2.52. The van der Waals surface area contributed by atoms with Crippen molar-refractivity contribution in [1.29, 1.82) is 0 Å². The van der Waals surface area contributed by atoms with Crippen LogP contribution >= 0.6 is 0 Å². The molecule has 0 radical (unpaired) electrons. The summed E-state index contributed by atoms with van der Waals surface area (Å²) in [5.41, 5.74) is 0. The molecule has 2 rings (SSSR count). The summed E-state index contributed by atoms with van der Waals surface area (Å²) in [6.07, 6.45) is 2.73. The molecular formula is C17H32N4O3. The largest absolute Gasteiger partial charge is 0.385 e. The number of rotatable bonds is 8. The molecule has 1 N–H and O–H groups in total. The Morgan fingerprint density at radius 3 is 2.58 bits per heavy atom. The summed E-state index contributed by atoms with van der Waals surface area (Å²) >= 11 is 0. The minimum atomic E-state index is -0.116. The van der Waals surface area contributed by atoms with E-state index in [0.717, 1.165) is 52.0 Å². The maximum atomic E-state index is 12.3. The molecule has 3 amide bonds. The minimum Gasteiger partial charge on any atom is -0.385 e. The van der Waals surface area contributed by atoms with Crippen LogP contribution in [-0.4, -0.2) is 91.7 Å². The van der Waals surface area contributed by atoms with Crippen molar-refractivity contribution < 1.29 is 14.3 Å². The Kier molecular flexibility index (Phi) is 7.30. The van der Waals surface area contributed by atoms with Crippen molar-refractivity contribution in [2.45, 2.75) is 45.2 Å². The van der Waals surface area contributed by atoms with Gasteiger partial charge in [-0.25, -0.2) is 4.79 Å². The van der Waals surface area contributed by atoms with Gasteiger partial charge in [0.1, 0.15) is 0 Å².